The molecule has 2 rings (SSSR count). The third kappa shape index (κ3) is 4.64. The van der Waals surface area contributed by atoms with Crippen molar-refractivity contribution in [1.82, 2.24) is 4.57 Å². The standard InChI is InChI=1S/C23H28N2O3/c1-7-10-25-16(4)11-20(17(25)5)23(26)19(14-24)12-18-8-9-21(28-15(2)3)22(13-18)27-6/h8-9,11-13,15H,7,10H2,1-6H3/b19-12+. The Bertz CT molecular complexity index is 930. The van der Waals surface area contributed by atoms with Gasteiger partial charge < -0.3 is 14.0 Å². The molecule has 2 aromatic rings. The predicted molar refractivity (Wildman–Crippen MR) is 111 cm³/mol. The van der Waals surface area contributed by atoms with Gasteiger partial charge in [0, 0.05) is 23.5 Å². The van der Waals surface area contributed by atoms with E-state index in [1.807, 2.05) is 39.8 Å². The monoisotopic (exact) mass is 380 g/mol. The molecule has 148 valence electrons. The van der Waals surface area contributed by atoms with Gasteiger partial charge in [-0.05, 0) is 64.0 Å². The van der Waals surface area contributed by atoms with E-state index in [4.69, 9.17) is 9.47 Å². The Balaban J connectivity index is 2.40. The number of rotatable bonds is 8. The summed E-state index contributed by atoms with van der Waals surface area (Å²) in [6, 6.07) is 9.28. The highest BCUT2D eigenvalue weighted by Gasteiger charge is 2.19. The second-order valence-electron chi connectivity index (χ2n) is 7.01. The molecule has 0 aliphatic heterocycles. The number of ketones is 1. The van der Waals surface area contributed by atoms with Crippen molar-refractivity contribution in [2.24, 2.45) is 0 Å². The smallest absolute Gasteiger partial charge is 0.205 e. The Labute approximate surface area is 167 Å². The lowest BCUT2D eigenvalue weighted by Gasteiger charge is -2.13. The zero-order valence-electron chi connectivity index (χ0n) is 17.5. The van der Waals surface area contributed by atoms with Crippen LogP contribution in [0.15, 0.2) is 29.8 Å². The maximum absolute atomic E-state index is 13.0. The van der Waals surface area contributed by atoms with Gasteiger partial charge in [-0.15, -0.1) is 0 Å². The van der Waals surface area contributed by atoms with E-state index in [1.54, 1.807) is 25.3 Å². The number of nitriles is 1. The fraction of sp³-hybridized carbons (Fsp3) is 0.391. The van der Waals surface area contributed by atoms with E-state index in [9.17, 15) is 10.1 Å². The Morgan fingerprint density at radius 3 is 2.54 bits per heavy atom. The van der Waals surface area contributed by atoms with E-state index in [-0.39, 0.29) is 17.5 Å². The number of aryl methyl sites for hydroxylation is 1. The molecular formula is C23H28N2O3. The first-order valence-corrected chi connectivity index (χ1v) is 9.50. The van der Waals surface area contributed by atoms with E-state index >= 15 is 0 Å². The van der Waals surface area contributed by atoms with Crippen LogP contribution < -0.4 is 9.47 Å². The zero-order chi connectivity index (χ0) is 20.8. The number of benzene rings is 1. The summed E-state index contributed by atoms with van der Waals surface area (Å²) < 4.78 is 13.2. The number of nitrogens with zero attached hydrogens (tertiary/aromatic N) is 2. The fourth-order valence-corrected chi connectivity index (χ4v) is 3.18. The molecule has 0 unspecified atom stereocenters. The fourth-order valence-electron chi connectivity index (χ4n) is 3.18. The van der Waals surface area contributed by atoms with Crippen LogP contribution in [-0.4, -0.2) is 23.6 Å². The molecule has 1 heterocycles. The van der Waals surface area contributed by atoms with Crippen LogP contribution in [0.1, 0.15) is 54.5 Å². The number of hydrogen-bond donors (Lipinski definition) is 0. The maximum atomic E-state index is 13.0. The van der Waals surface area contributed by atoms with Crippen molar-refractivity contribution in [2.75, 3.05) is 7.11 Å². The van der Waals surface area contributed by atoms with Crippen molar-refractivity contribution in [1.29, 1.82) is 5.26 Å². The minimum Gasteiger partial charge on any atom is -0.493 e. The summed E-state index contributed by atoms with van der Waals surface area (Å²) in [5, 5.41) is 9.59. The first kappa shape index (κ1) is 21.3. The predicted octanol–water partition coefficient (Wildman–Crippen LogP) is 5.10. The molecule has 0 amide bonds. The maximum Gasteiger partial charge on any atom is 0.205 e. The molecule has 0 saturated carbocycles. The number of ether oxygens (including phenoxy) is 2. The van der Waals surface area contributed by atoms with Gasteiger partial charge in [0.2, 0.25) is 5.78 Å². The van der Waals surface area contributed by atoms with Crippen LogP contribution in [-0.2, 0) is 6.54 Å². The van der Waals surface area contributed by atoms with Gasteiger partial charge in [-0.25, -0.2) is 0 Å². The molecule has 0 fully saturated rings. The van der Waals surface area contributed by atoms with Gasteiger partial charge in [0.25, 0.3) is 0 Å². The molecule has 0 spiro atoms. The third-order valence-electron chi connectivity index (χ3n) is 4.49. The van der Waals surface area contributed by atoms with Crippen molar-refractivity contribution in [2.45, 2.75) is 53.7 Å². The van der Waals surface area contributed by atoms with Crippen LogP contribution in [0.5, 0.6) is 11.5 Å². The van der Waals surface area contributed by atoms with Crippen LogP contribution in [0.3, 0.4) is 0 Å². The molecule has 0 saturated heterocycles. The molecular weight excluding hydrogens is 352 g/mol. The largest absolute Gasteiger partial charge is 0.493 e. The lowest BCUT2D eigenvalue weighted by atomic mass is 10.0. The molecule has 0 bridgehead atoms. The van der Waals surface area contributed by atoms with E-state index in [0.717, 1.165) is 24.4 Å². The molecule has 28 heavy (non-hydrogen) atoms. The number of hydrogen-bond acceptors (Lipinski definition) is 4. The molecule has 1 aromatic carbocycles. The normalized spacial score (nSPS) is 11.4. The molecule has 0 atom stereocenters. The second-order valence-corrected chi connectivity index (χ2v) is 7.01. The van der Waals surface area contributed by atoms with Crippen molar-refractivity contribution >= 4 is 11.9 Å². The average molecular weight is 380 g/mol. The summed E-state index contributed by atoms with van der Waals surface area (Å²) in [7, 11) is 1.56. The van der Waals surface area contributed by atoms with Crippen molar-refractivity contribution in [3.63, 3.8) is 0 Å². The van der Waals surface area contributed by atoms with Crippen LogP contribution in [0.25, 0.3) is 6.08 Å². The number of aromatic nitrogens is 1. The molecule has 5 nitrogen and oxygen atoms in total. The summed E-state index contributed by atoms with van der Waals surface area (Å²) >= 11 is 0. The van der Waals surface area contributed by atoms with E-state index < -0.39 is 0 Å². The van der Waals surface area contributed by atoms with Gasteiger partial charge in [-0.3, -0.25) is 4.79 Å². The first-order valence-electron chi connectivity index (χ1n) is 9.50. The molecule has 1 aromatic heterocycles. The van der Waals surface area contributed by atoms with Gasteiger partial charge in [0.15, 0.2) is 11.5 Å². The number of methoxy groups -OCH3 is 1. The van der Waals surface area contributed by atoms with Crippen molar-refractivity contribution in [3.05, 3.63) is 52.4 Å². The Kier molecular flexibility index (Phi) is 7.06. The molecule has 0 radical (unpaired) electrons. The van der Waals surface area contributed by atoms with E-state index in [0.29, 0.717) is 22.6 Å². The number of carbonyl (C=O) groups is 1. The lowest BCUT2D eigenvalue weighted by molar-refractivity contribution is 0.103. The average Bonchev–Trinajstić information content (AvgIpc) is 2.94. The van der Waals surface area contributed by atoms with Crippen LogP contribution >= 0.6 is 0 Å². The zero-order valence-corrected chi connectivity index (χ0v) is 17.5. The molecule has 5 heteroatoms. The molecule has 0 aliphatic carbocycles. The second kappa shape index (κ2) is 9.27. The Morgan fingerprint density at radius 2 is 1.96 bits per heavy atom. The summed E-state index contributed by atoms with van der Waals surface area (Å²) in [5.74, 6) is 0.926. The summed E-state index contributed by atoms with van der Waals surface area (Å²) in [5.41, 5.74) is 3.29. The highest BCUT2D eigenvalue weighted by atomic mass is 16.5. The van der Waals surface area contributed by atoms with E-state index in [2.05, 4.69) is 17.6 Å². The minimum absolute atomic E-state index is 0.0184. The lowest BCUT2D eigenvalue weighted by Crippen LogP contribution is -2.07. The minimum atomic E-state index is -0.264. The van der Waals surface area contributed by atoms with Crippen molar-refractivity contribution in [3.8, 4) is 17.6 Å². The van der Waals surface area contributed by atoms with Gasteiger partial charge in [0.05, 0.1) is 13.2 Å². The van der Waals surface area contributed by atoms with E-state index in [1.165, 1.54) is 0 Å². The topological polar surface area (TPSA) is 64.2 Å². The first-order chi connectivity index (χ1) is 13.3. The van der Waals surface area contributed by atoms with Crippen LogP contribution in [0.2, 0.25) is 0 Å². The third-order valence-corrected chi connectivity index (χ3v) is 4.49. The number of carbonyl (C=O) groups excluding carboxylic acids is 1. The van der Waals surface area contributed by atoms with Crippen LogP contribution in [0, 0.1) is 25.2 Å². The van der Waals surface area contributed by atoms with Gasteiger partial charge in [-0.2, -0.15) is 5.26 Å². The Hall–Kier alpha value is -3.00. The highest BCUT2D eigenvalue weighted by Crippen LogP contribution is 2.30. The van der Waals surface area contributed by atoms with Gasteiger partial charge in [-0.1, -0.05) is 13.0 Å². The Morgan fingerprint density at radius 1 is 1.25 bits per heavy atom. The quantitative estimate of drug-likeness (QED) is 0.363. The van der Waals surface area contributed by atoms with Gasteiger partial charge >= 0.3 is 0 Å². The summed E-state index contributed by atoms with van der Waals surface area (Å²) in [6.45, 7) is 10.7. The highest BCUT2D eigenvalue weighted by molar-refractivity contribution is 6.14. The summed E-state index contributed by atoms with van der Waals surface area (Å²) in [6.07, 6.45) is 2.59. The van der Waals surface area contributed by atoms with Gasteiger partial charge in [0.1, 0.15) is 11.6 Å². The number of allylic oxidation sites excluding steroid dienone is 1. The number of Topliss-reactive ketones (excluding diaryl/α,β-unsaturated/α-hetero) is 1. The van der Waals surface area contributed by atoms with Crippen LogP contribution in [0.4, 0.5) is 0 Å². The molecule has 0 aliphatic rings. The SMILES string of the molecule is CCCn1c(C)cc(C(=O)/C(C#N)=C/c2ccc(OC(C)C)c(OC)c2)c1C. The molecule has 0 N–H and O–H groups in total. The van der Waals surface area contributed by atoms with Crippen molar-refractivity contribution < 1.29 is 14.3 Å². The summed E-state index contributed by atoms with van der Waals surface area (Å²) in [4.78, 5) is 13.0.